The van der Waals surface area contributed by atoms with Gasteiger partial charge in [0.15, 0.2) is 0 Å². The lowest BCUT2D eigenvalue weighted by Gasteiger charge is -2.15. The number of aryl methyl sites for hydroxylation is 2. The average Bonchev–Trinajstić information content (AvgIpc) is 3.27. The Morgan fingerprint density at radius 3 is 2.42 bits per heavy atom. The van der Waals surface area contributed by atoms with Crippen LogP contribution in [0.1, 0.15) is 31.6 Å². The van der Waals surface area contributed by atoms with E-state index in [4.69, 9.17) is 0 Å². The second-order valence-electron chi connectivity index (χ2n) is 7.54. The average molecular weight is 427 g/mol. The SMILES string of the molecule is C[C@H](CNC(=O)CCn1c(=O)n(C)c2ccccc21)c1nc2ccccc2n1C(F)F. The van der Waals surface area contributed by atoms with Crippen LogP contribution in [-0.4, -0.2) is 31.1 Å². The van der Waals surface area contributed by atoms with E-state index >= 15 is 0 Å². The van der Waals surface area contributed by atoms with Crippen molar-refractivity contribution in [2.75, 3.05) is 6.54 Å². The molecular weight excluding hydrogens is 404 g/mol. The molecule has 0 bridgehead atoms. The molecule has 0 saturated carbocycles. The number of rotatable bonds is 7. The summed E-state index contributed by atoms with van der Waals surface area (Å²) in [5.41, 5.74) is 2.23. The van der Waals surface area contributed by atoms with E-state index in [-0.39, 0.29) is 36.9 Å². The van der Waals surface area contributed by atoms with Gasteiger partial charge >= 0.3 is 12.2 Å². The second-order valence-corrected chi connectivity index (χ2v) is 7.54. The minimum atomic E-state index is -2.72. The summed E-state index contributed by atoms with van der Waals surface area (Å²) in [4.78, 5) is 29.2. The first-order chi connectivity index (χ1) is 14.9. The van der Waals surface area contributed by atoms with Gasteiger partial charge in [0.1, 0.15) is 5.82 Å². The molecule has 4 aromatic rings. The molecular formula is C22H23F2N5O2. The number of hydrogen-bond acceptors (Lipinski definition) is 3. The Bertz CT molecular complexity index is 1300. The Morgan fingerprint density at radius 1 is 1.06 bits per heavy atom. The molecule has 7 nitrogen and oxygen atoms in total. The Morgan fingerprint density at radius 2 is 1.71 bits per heavy atom. The number of hydrogen-bond donors (Lipinski definition) is 1. The smallest absolute Gasteiger partial charge is 0.328 e. The third-order valence-corrected chi connectivity index (χ3v) is 5.48. The number of imidazole rings is 2. The Labute approximate surface area is 176 Å². The van der Waals surface area contributed by atoms with Crippen LogP contribution in [0.15, 0.2) is 53.3 Å². The molecule has 0 radical (unpaired) electrons. The lowest BCUT2D eigenvalue weighted by Crippen LogP contribution is -2.31. The molecule has 2 aromatic carbocycles. The maximum atomic E-state index is 13.6. The Kier molecular flexibility index (Phi) is 5.58. The zero-order valence-electron chi connectivity index (χ0n) is 17.3. The normalized spacial score (nSPS) is 12.7. The standard InChI is InChI=1S/C22H23F2N5O2/c1-14(20-26-15-7-3-4-8-16(15)29(20)21(23)24)13-25-19(30)11-12-28-18-10-6-5-9-17(18)27(2)22(28)31/h3-10,14,21H,11-13H2,1-2H3,(H,25,30)/t14-/m1/s1. The molecule has 0 spiro atoms. The van der Waals surface area contributed by atoms with Crippen LogP contribution in [0.25, 0.3) is 22.1 Å². The number of amides is 1. The van der Waals surface area contributed by atoms with E-state index in [1.807, 2.05) is 24.3 Å². The fraction of sp³-hybridized carbons (Fsp3) is 0.318. The van der Waals surface area contributed by atoms with Crippen molar-refractivity contribution in [3.05, 3.63) is 64.8 Å². The van der Waals surface area contributed by atoms with Gasteiger partial charge in [0.25, 0.3) is 0 Å². The van der Waals surface area contributed by atoms with E-state index in [1.54, 1.807) is 47.4 Å². The van der Waals surface area contributed by atoms with Gasteiger partial charge in [-0.15, -0.1) is 0 Å². The van der Waals surface area contributed by atoms with Crippen LogP contribution >= 0.6 is 0 Å². The van der Waals surface area contributed by atoms with E-state index in [0.717, 1.165) is 15.6 Å². The van der Waals surface area contributed by atoms with Gasteiger partial charge in [-0.1, -0.05) is 31.2 Å². The first-order valence-electron chi connectivity index (χ1n) is 10.0. The summed E-state index contributed by atoms with van der Waals surface area (Å²) in [5.74, 6) is -0.446. The van der Waals surface area contributed by atoms with Crippen molar-refractivity contribution in [2.24, 2.45) is 7.05 Å². The van der Waals surface area contributed by atoms with Crippen LogP contribution in [0.5, 0.6) is 0 Å². The lowest BCUT2D eigenvalue weighted by atomic mass is 10.1. The zero-order valence-corrected chi connectivity index (χ0v) is 17.3. The van der Waals surface area contributed by atoms with E-state index < -0.39 is 12.5 Å². The van der Waals surface area contributed by atoms with E-state index in [1.165, 1.54) is 0 Å². The molecule has 0 unspecified atom stereocenters. The highest BCUT2D eigenvalue weighted by Gasteiger charge is 2.22. The van der Waals surface area contributed by atoms with Gasteiger partial charge in [0, 0.05) is 32.5 Å². The van der Waals surface area contributed by atoms with Crippen LogP contribution in [0, 0.1) is 0 Å². The maximum absolute atomic E-state index is 13.6. The van der Waals surface area contributed by atoms with Crippen LogP contribution in [0.4, 0.5) is 8.78 Å². The quantitative estimate of drug-likeness (QED) is 0.491. The molecule has 2 aromatic heterocycles. The molecule has 1 N–H and O–H groups in total. The van der Waals surface area contributed by atoms with Crippen LogP contribution in [-0.2, 0) is 18.4 Å². The molecule has 0 saturated heterocycles. The minimum absolute atomic E-state index is 0.103. The Balaban J connectivity index is 1.43. The summed E-state index contributed by atoms with van der Waals surface area (Å²) in [7, 11) is 1.69. The maximum Gasteiger partial charge on any atom is 0.328 e. The topological polar surface area (TPSA) is 73.8 Å². The third kappa shape index (κ3) is 3.83. The van der Waals surface area contributed by atoms with Crippen molar-refractivity contribution in [1.82, 2.24) is 24.0 Å². The van der Waals surface area contributed by atoms with Gasteiger partial charge in [-0.25, -0.2) is 9.78 Å². The van der Waals surface area contributed by atoms with Gasteiger partial charge in [0.2, 0.25) is 5.91 Å². The fourth-order valence-electron chi connectivity index (χ4n) is 3.86. The van der Waals surface area contributed by atoms with Crippen molar-refractivity contribution in [1.29, 1.82) is 0 Å². The number of aromatic nitrogens is 4. The number of nitrogens with zero attached hydrogens (tertiary/aromatic N) is 4. The summed E-state index contributed by atoms with van der Waals surface area (Å²) in [6.07, 6.45) is 0.103. The largest absolute Gasteiger partial charge is 0.355 e. The third-order valence-electron chi connectivity index (χ3n) is 5.48. The molecule has 31 heavy (non-hydrogen) atoms. The van der Waals surface area contributed by atoms with Crippen molar-refractivity contribution in [2.45, 2.75) is 32.4 Å². The molecule has 9 heteroatoms. The number of para-hydroxylation sites is 4. The molecule has 4 rings (SSSR count). The summed E-state index contributed by atoms with van der Waals surface area (Å²) < 4.78 is 31.3. The summed E-state index contributed by atoms with van der Waals surface area (Å²) >= 11 is 0. The molecule has 2 heterocycles. The lowest BCUT2D eigenvalue weighted by molar-refractivity contribution is -0.121. The number of benzene rings is 2. The van der Waals surface area contributed by atoms with Crippen LogP contribution in [0.3, 0.4) is 0 Å². The highest BCUT2D eigenvalue weighted by Crippen LogP contribution is 2.27. The van der Waals surface area contributed by atoms with Crippen LogP contribution < -0.4 is 11.0 Å². The van der Waals surface area contributed by atoms with Crippen molar-refractivity contribution < 1.29 is 13.6 Å². The number of carbonyl (C=O) groups excluding carboxylic acids is 1. The van der Waals surface area contributed by atoms with E-state index in [9.17, 15) is 18.4 Å². The van der Waals surface area contributed by atoms with Crippen molar-refractivity contribution in [3.63, 3.8) is 0 Å². The van der Waals surface area contributed by atoms with Crippen molar-refractivity contribution in [3.8, 4) is 0 Å². The van der Waals surface area contributed by atoms with Gasteiger partial charge in [-0.3, -0.25) is 18.5 Å². The molecule has 162 valence electrons. The molecule has 0 fully saturated rings. The van der Waals surface area contributed by atoms with Gasteiger partial charge in [-0.05, 0) is 24.3 Å². The molecule has 0 aliphatic heterocycles. The number of carbonyl (C=O) groups is 1. The number of alkyl halides is 2. The number of fused-ring (bicyclic) bond motifs is 2. The highest BCUT2D eigenvalue weighted by molar-refractivity contribution is 5.78. The summed E-state index contributed by atoms with van der Waals surface area (Å²) in [6.45, 7) is -0.580. The van der Waals surface area contributed by atoms with E-state index in [2.05, 4.69) is 10.3 Å². The fourth-order valence-corrected chi connectivity index (χ4v) is 3.86. The van der Waals surface area contributed by atoms with Gasteiger partial charge < -0.3 is 5.32 Å². The number of halogens is 2. The first-order valence-corrected chi connectivity index (χ1v) is 10.0. The predicted molar refractivity (Wildman–Crippen MR) is 114 cm³/mol. The minimum Gasteiger partial charge on any atom is -0.355 e. The van der Waals surface area contributed by atoms with E-state index in [0.29, 0.717) is 11.0 Å². The van der Waals surface area contributed by atoms with Gasteiger partial charge in [-0.2, -0.15) is 8.78 Å². The highest BCUT2D eigenvalue weighted by atomic mass is 19.3. The van der Waals surface area contributed by atoms with Crippen molar-refractivity contribution >= 4 is 28.0 Å². The second kappa shape index (κ2) is 8.33. The Hall–Kier alpha value is -3.49. The zero-order chi connectivity index (χ0) is 22.1. The predicted octanol–water partition coefficient (Wildman–Crippen LogP) is 3.39. The number of nitrogens with one attached hydrogen (secondary N) is 1. The van der Waals surface area contributed by atoms with Crippen LogP contribution in [0.2, 0.25) is 0 Å². The monoisotopic (exact) mass is 427 g/mol. The summed E-state index contributed by atoms with van der Waals surface area (Å²) in [5, 5.41) is 2.78. The molecule has 1 amide bonds. The molecule has 0 aliphatic carbocycles. The molecule has 1 atom stereocenters. The van der Waals surface area contributed by atoms with Gasteiger partial charge in [0.05, 0.1) is 22.1 Å². The first kappa shape index (κ1) is 20.8. The summed E-state index contributed by atoms with van der Waals surface area (Å²) in [6, 6.07) is 14.1. The molecule has 0 aliphatic rings.